The van der Waals surface area contributed by atoms with Crippen molar-refractivity contribution in [2.45, 2.75) is 82.6 Å². The monoisotopic (exact) mass is 400 g/mol. The Bertz CT molecular complexity index is 719. The van der Waals surface area contributed by atoms with E-state index in [1.807, 2.05) is 20.8 Å². The van der Waals surface area contributed by atoms with Crippen LogP contribution in [0.15, 0.2) is 35.4 Å². The van der Waals surface area contributed by atoms with Crippen LogP contribution in [-0.4, -0.2) is 47.9 Å². The fourth-order valence-electron chi connectivity index (χ4n) is 4.31. The minimum atomic E-state index is -0.561. The molecule has 29 heavy (non-hydrogen) atoms. The van der Waals surface area contributed by atoms with Crippen molar-refractivity contribution in [2.75, 3.05) is 13.2 Å². The quantitative estimate of drug-likeness (QED) is 0.376. The smallest absolute Gasteiger partial charge is 0.410 e. The number of ether oxygens (including phenoxy) is 2. The Morgan fingerprint density at radius 3 is 2.48 bits per heavy atom. The number of benzene rings is 1. The maximum absolute atomic E-state index is 12.6. The zero-order valence-corrected chi connectivity index (χ0v) is 17.7. The van der Waals surface area contributed by atoms with Crippen molar-refractivity contribution in [3.05, 3.63) is 46.3 Å². The predicted molar refractivity (Wildman–Crippen MR) is 112 cm³/mol. The highest BCUT2D eigenvalue weighted by molar-refractivity contribution is 5.69. The maximum atomic E-state index is 12.6. The summed E-state index contributed by atoms with van der Waals surface area (Å²) in [5.41, 5.74) is 9.74. The first kappa shape index (κ1) is 21.5. The van der Waals surface area contributed by atoms with Crippen molar-refractivity contribution in [1.29, 1.82) is 0 Å². The fraction of sp³-hybridized carbons (Fsp3) is 0.682. The second-order valence-corrected chi connectivity index (χ2v) is 9.02. The number of carbonyl (C=O) groups is 1. The molecule has 0 radical (unpaired) electrons. The van der Waals surface area contributed by atoms with Gasteiger partial charge in [0.15, 0.2) is 0 Å². The van der Waals surface area contributed by atoms with Crippen molar-refractivity contribution >= 4 is 6.09 Å². The summed E-state index contributed by atoms with van der Waals surface area (Å²) in [5.74, 6) is 0.594. The molecule has 7 nitrogen and oxygen atoms in total. The van der Waals surface area contributed by atoms with Gasteiger partial charge in [-0.15, -0.1) is 0 Å². The molecule has 1 aromatic carbocycles. The van der Waals surface area contributed by atoms with Gasteiger partial charge in [0, 0.05) is 11.5 Å². The van der Waals surface area contributed by atoms with E-state index in [1.54, 1.807) is 4.90 Å². The van der Waals surface area contributed by atoms with E-state index in [1.165, 1.54) is 5.56 Å². The van der Waals surface area contributed by atoms with E-state index in [-0.39, 0.29) is 24.3 Å². The van der Waals surface area contributed by atoms with E-state index in [0.717, 1.165) is 25.7 Å². The third kappa shape index (κ3) is 5.87. The summed E-state index contributed by atoms with van der Waals surface area (Å²) < 4.78 is 11.7. The lowest BCUT2D eigenvalue weighted by molar-refractivity contribution is -0.0180. The van der Waals surface area contributed by atoms with E-state index in [4.69, 9.17) is 15.0 Å². The van der Waals surface area contributed by atoms with Crippen molar-refractivity contribution in [3.63, 3.8) is 0 Å². The Kier molecular flexibility index (Phi) is 7.04. The van der Waals surface area contributed by atoms with E-state index in [9.17, 15) is 4.79 Å². The van der Waals surface area contributed by atoms with Gasteiger partial charge in [-0.3, -0.25) is 0 Å². The van der Waals surface area contributed by atoms with E-state index in [2.05, 4.69) is 40.4 Å². The predicted octanol–water partition coefficient (Wildman–Crippen LogP) is 5.42. The van der Waals surface area contributed by atoms with Crippen molar-refractivity contribution < 1.29 is 14.3 Å². The Morgan fingerprint density at radius 1 is 1.17 bits per heavy atom. The first-order valence-corrected chi connectivity index (χ1v) is 10.6. The number of nitrogens with zero attached hydrogens (tertiary/aromatic N) is 4. The molecule has 0 bridgehead atoms. The SMILES string of the molecule is CC(C)(C)OC(=O)N1CC[C@H](N=[N+]=[N-])[C@@H]1COC1CCC(c2ccccc2)CC1. The highest BCUT2D eigenvalue weighted by Gasteiger charge is 2.39. The number of azide groups is 1. The van der Waals surface area contributed by atoms with E-state index >= 15 is 0 Å². The van der Waals surface area contributed by atoms with Crippen molar-refractivity contribution in [2.24, 2.45) is 5.11 Å². The molecule has 1 aliphatic carbocycles. The van der Waals surface area contributed by atoms with E-state index in [0.29, 0.717) is 25.5 Å². The normalized spacial score (nSPS) is 27.3. The van der Waals surface area contributed by atoms with Gasteiger partial charge in [-0.2, -0.15) is 0 Å². The third-order valence-corrected chi connectivity index (χ3v) is 5.79. The van der Waals surface area contributed by atoms with Gasteiger partial charge in [-0.1, -0.05) is 35.4 Å². The van der Waals surface area contributed by atoms with Crippen molar-refractivity contribution in [1.82, 2.24) is 4.90 Å². The van der Waals surface area contributed by atoms with Crippen LogP contribution in [0.2, 0.25) is 0 Å². The molecule has 1 aromatic rings. The van der Waals surface area contributed by atoms with Crippen LogP contribution in [0.1, 0.15) is 64.4 Å². The van der Waals surface area contributed by atoms with Gasteiger partial charge in [0.25, 0.3) is 0 Å². The lowest BCUT2D eigenvalue weighted by Gasteiger charge is -2.33. The van der Waals surface area contributed by atoms with Gasteiger partial charge in [-0.05, 0) is 69.9 Å². The molecular formula is C22H32N4O3. The van der Waals surface area contributed by atoms with Crippen LogP contribution in [-0.2, 0) is 9.47 Å². The molecule has 1 amide bonds. The highest BCUT2D eigenvalue weighted by Crippen LogP contribution is 2.34. The summed E-state index contributed by atoms with van der Waals surface area (Å²) in [7, 11) is 0. The number of amides is 1. The molecule has 1 saturated heterocycles. The van der Waals surface area contributed by atoms with Crippen molar-refractivity contribution in [3.8, 4) is 0 Å². The van der Waals surface area contributed by atoms with Crippen LogP contribution < -0.4 is 0 Å². The Hall–Kier alpha value is -2.24. The lowest BCUT2D eigenvalue weighted by atomic mass is 9.83. The number of carbonyl (C=O) groups excluding carboxylic acids is 1. The fourth-order valence-corrected chi connectivity index (χ4v) is 4.31. The summed E-state index contributed by atoms with van der Waals surface area (Å²) in [6.45, 7) is 6.45. The zero-order valence-electron chi connectivity index (χ0n) is 17.7. The standard InChI is InChI=1S/C22H32N4O3/c1-22(2,3)29-21(27)26-14-13-19(24-25-23)20(26)15-28-18-11-9-17(10-12-18)16-7-5-4-6-8-16/h4-8,17-20H,9-15H2,1-3H3/t17?,18?,19-,20-/m0/s1. The molecule has 3 rings (SSSR count). The molecular weight excluding hydrogens is 368 g/mol. The summed E-state index contributed by atoms with van der Waals surface area (Å²) in [4.78, 5) is 17.2. The summed E-state index contributed by atoms with van der Waals surface area (Å²) in [5, 5.41) is 3.90. The van der Waals surface area contributed by atoms with Gasteiger partial charge in [0.1, 0.15) is 5.60 Å². The molecule has 7 heteroatoms. The molecule has 1 aliphatic heterocycles. The number of likely N-dealkylation sites (tertiary alicyclic amines) is 1. The van der Waals surface area contributed by atoms with Crippen LogP contribution in [0.4, 0.5) is 4.79 Å². The molecule has 1 heterocycles. The number of hydrogen-bond donors (Lipinski definition) is 0. The minimum absolute atomic E-state index is 0.183. The average molecular weight is 401 g/mol. The molecule has 0 spiro atoms. The second kappa shape index (κ2) is 9.51. The van der Waals surface area contributed by atoms with Crippen LogP contribution in [0, 0.1) is 0 Å². The average Bonchev–Trinajstić information content (AvgIpc) is 3.09. The summed E-state index contributed by atoms with van der Waals surface area (Å²) in [6, 6.07) is 10.1. The van der Waals surface area contributed by atoms with Gasteiger partial charge in [0.2, 0.25) is 0 Å². The first-order valence-electron chi connectivity index (χ1n) is 10.6. The van der Waals surface area contributed by atoms with Crippen LogP contribution >= 0.6 is 0 Å². The van der Waals surface area contributed by atoms with Crippen LogP contribution in [0.5, 0.6) is 0 Å². The van der Waals surface area contributed by atoms with Gasteiger partial charge < -0.3 is 14.4 Å². The first-order chi connectivity index (χ1) is 13.9. The van der Waals surface area contributed by atoms with Crippen LogP contribution in [0.3, 0.4) is 0 Å². The lowest BCUT2D eigenvalue weighted by Crippen LogP contribution is -2.45. The molecule has 0 unspecified atom stereocenters. The van der Waals surface area contributed by atoms with Gasteiger partial charge in [-0.25, -0.2) is 4.79 Å². The molecule has 2 fully saturated rings. The number of rotatable bonds is 5. The zero-order chi connectivity index (χ0) is 20.9. The van der Waals surface area contributed by atoms with Gasteiger partial charge in [0.05, 0.1) is 24.8 Å². The maximum Gasteiger partial charge on any atom is 0.410 e. The third-order valence-electron chi connectivity index (χ3n) is 5.79. The van der Waals surface area contributed by atoms with E-state index < -0.39 is 5.60 Å². The molecule has 1 saturated carbocycles. The Labute approximate surface area is 173 Å². The highest BCUT2D eigenvalue weighted by atomic mass is 16.6. The molecule has 2 atom stereocenters. The summed E-state index contributed by atoms with van der Waals surface area (Å²) >= 11 is 0. The van der Waals surface area contributed by atoms with Crippen LogP contribution in [0.25, 0.3) is 10.4 Å². The number of hydrogen-bond acceptors (Lipinski definition) is 4. The topological polar surface area (TPSA) is 87.5 Å². The Balaban J connectivity index is 1.55. The molecule has 158 valence electrons. The van der Waals surface area contributed by atoms with Gasteiger partial charge >= 0.3 is 6.09 Å². The molecule has 0 aromatic heterocycles. The minimum Gasteiger partial charge on any atom is -0.444 e. The second-order valence-electron chi connectivity index (χ2n) is 9.02. The summed E-state index contributed by atoms with van der Waals surface area (Å²) in [6.07, 6.45) is 4.68. The molecule has 2 aliphatic rings. The largest absolute Gasteiger partial charge is 0.444 e. The molecule has 0 N–H and O–H groups in total. The Morgan fingerprint density at radius 2 is 1.86 bits per heavy atom.